The maximum absolute atomic E-state index is 5.60. The fraction of sp³-hybridized carbons (Fsp3) is 0.769. The molecule has 1 aromatic rings. The molecule has 1 fully saturated rings. The van der Waals surface area contributed by atoms with Crippen LogP contribution in [0.15, 0.2) is 5.38 Å². The number of rotatable bonds is 7. The zero-order valence-corrected chi connectivity index (χ0v) is 11.4. The Kier molecular flexibility index (Phi) is 5.42. The van der Waals surface area contributed by atoms with Crippen molar-refractivity contribution >= 4 is 11.3 Å². The number of nitrogens with one attached hydrogen (secondary N) is 1. The van der Waals surface area contributed by atoms with Crippen molar-refractivity contribution in [3.8, 4) is 0 Å². The lowest BCUT2D eigenvalue weighted by molar-refractivity contribution is 0.102. The van der Waals surface area contributed by atoms with Gasteiger partial charge in [-0.15, -0.1) is 11.3 Å². The molecule has 96 valence electrons. The second-order valence-corrected chi connectivity index (χ2v) is 5.70. The highest BCUT2D eigenvalue weighted by Gasteiger charge is 2.14. The Morgan fingerprint density at radius 3 is 3.18 bits per heavy atom. The summed E-state index contributed by atoms with van der Waals surface area (Å²) in [6.45, 7) is 5.17. The molecule has 1 aromatic heterocycles. The predicted molar refractivity (Wildman–Crippen MR) is 71.6 cm³/mol. The van der Waals surface area contributed by atoms with Crippen molar-refractivity contribution in [1.82, 2.24) is 10.3 Å². The highest BCUT2D eigenvalue weighted by Crippen LogP contribution is 2.16. The van der Waals surface area contributed by atoms with Crippen LogP contribution in [0.5, 0.6) is 0 Å². The van der Waals surface area contributed by atoms with Gasteiger partial charge in [-0.05, 0) is 39.2 Å². The van der Waals surface area contributed by atoms with Gasteiger partial charge in [0.15, 0.2) is 0 Å². The van der Waals surface area contributed by atoms with Crippen molar-refractivity contribution in [1.29, 1.82) is 0 Å². The number of hydrogen-bond donors (Lipinski definition) is 1. The molecule has 2 rings (SSSR count). The van der Waals surface area contributed by atoms with E-state index in [0.717, 1.165) is 26.1 Å². The Morgan fingerprint density at radius 1 is 1.53 bits per heavy atom. The molecule has 0 bridgehead atoms. The number of nitrogens with zero attached hydrogens (tertiary/aromatic N) is 1. The third-order valence-corrected chi connectivity index (χ3v) is 3.95. The Bertz CT molecular complexity index is 321. The standard InChI is InChI=1S/C13H22N2OS/c1-11-15-12(10-17-11)6-8-14-7-2-4-13-5-3-9-16-13/h10,13-14H,2-9H2,1H3. The number of hydrogen-bond acceptors (Lipinski definition) is 4. The minimum absolute atomic E-state index is 0.540. The Morgan fingerprint density at radius 2 is 2.47 bits per heavy atom. The molecule has 4 heteroatoms. The van der Waals surface area contributed by atoms with E-state index in [1.54, 1.807) is 11.3 Å². The van der Waals surface area contributed by atoms with Gasteiger partial charge in [-0.25, -0.2) is 4.98 Å². The van der Waals surface area contributed by atoms with Gasteiger partial charge in [0.05, 0.1) is 16.8 Å². The lowest BCUT2D eigenvalue weighted by Gasteiger charge is -2.09. The first-order valence-corrected chi connectivity index (χ1v) is 7.46. The first-order valence-electron chi connectivity index (χ1n) is 6.58. The molecule has 2 heterocycles. The Hall–Kier alpha value is -0.450. The first kappa shape index (κ1) is 13.0. The van der Waals surface area contributed by atoms with Crippen LogP contribution in [0.4, 0.5) is 0 Å². The van der Waals surface area contributed by atoms with Gasteiger partial charge < -0.3 is 10.1 Å². The van der Waals surface area contributed by atoms with Crippen molar-refractivity contribution in [2.75, 3.05) is 19.7 Å². The summed E-state index contributed by atoms with van der Waals surface area (Å²) in [5, 5.41) is 6.80. The summed E-state index contributed by atoms with van der Waals surface area (Å²) in [6, 6.07) is 0. The average molecular weight is 254 g/mol. The lowest BCUT2D eigenvalue weighted by atomic mass is 10.1. The lowest BCUT2D eigenvalue weighted by Crippen LogP contribution is -2.20. The Labute approximate surface area is 108 Å². The topological polar surface area (TPSA) is 34.2 Å². The normalized spacial score (nSPS) is 19.9. The molecule has 1 unspecified atom stereocenters. The average Bonchev–Trinajstić information content (AvgIpc) is 2.95. The third kappa shape index (κ3) is 4.74. The smallest absolute Gasteiger partial charge is 0.0897 e. The molecule has 0 spiro atoms. The van der Waals surface area contributed by atoms with Crippen LogP contribution in [-0.2, 0) is 11.2 Å². The fourth-order valence-electron chi connectivity index (χ4n) is 2.19. The van der Waals surface area contributed by atoms with Crippen molar-refractivity contribution in [3.63, 3.8) is 0 Å². The van der Waals surface area contributed by atoms with Crippen LogP contribution in [-0.4, -0.2) is 30.8 Å². The van der Waals surface area contributed by atoms with E-state index in [1.807, 2.05) is 0 Å². The van der Waals surface area contributed by atoms with Gasteiger partial charge in [-0.2, -0.15) is 0 Å². The molecule has 0 amide bonds. The molecule has 0 aromatic carbocycles. The molecular weight excluding hydrogens is 232 g/mol. The van der Waals surface area contributed by atoms with Gasteiger partial charge in [0.25, 0.3) is 0 Å². The highest BCUT2D eigenvalue weighted by atomic mass is 32.1. The summed E-state index contributed by atoms with van der Waals surface area (Å²) in [5.74, 6) is 0. The van der Waals surface area contributed by atoms with Crippen LogP contribution in [0.25, 0.3) is 0 Å². The van der Waals surface area contributed by atoms with Gasteiger partial charge in [0.1, 0.15) is 0 Å². The van der Waals surface area contributed by atoms with Crippen LogP contribution in [0, 0.1) is 6.92 Å². The van der Waals surface area contributed by atoms with Crippen LogP contribution >= 0.6 is 11.3 Å². The van der Waals surface area contributed by atoms with Gasteiger partial charge in [-0.3, -0.25) is 0 Å². The molecule has 1 N–H and O–H groups in total. The molecule has 1 atom stereocenters. The maximum Gasteiger partial charge on any atom is 0.0897 e. The van der Waals surface area contributed by atoms with Gasteiger partial charge >= 0.3 is 0 Å². The minimum atomic E-state index is 0.540. The first-order chi connectivity index (χ1) is 8.34. The van der Waals surface area contributed by atoms with Crippen molar-refractivity contribution in [2.45, 2.75) is 45.1 Å². The fourth-order valence-corrected chi connectivity index (χ4v) is 2.84. The van der Waals surface area contributed by atoms with Crippen LogP contribution < -0.4 is 5.32 Å². The molecule has 0 saturated carbocycles. The molecular formula is C13H22N2OS. The molecule has 1 aliphatic heterocycles. The van der Waals surface area contributed by atoms with Crippen LogP contribution in [0.3, 0.4) is 0 Å². The van der Waals surface area contributed by atoms with E-state index in [2.05, 4.69) is 22.6 Å². The van der Waals surface area contributed by atoms with Crippen LogP contribution in [0.2, 0.25) is 0 Å². The zero-order chi connectivity index (χ0) is 11.9. The van der Waals surface area contributed by atoms with Crippen molar-refractivity contribution in [3.05, 3.63) is 16.1 Å². The summed E-state index contributed by atoms with van der Waals surface area (Å²) in [6.07, 6.45) is 6.53. The van der Waals surface area contributed by atoms with E-state index in [9.17, 15) is 0 Å². The quantitative estimate of drug-likeness (QED) is 0.759. The summed E-state index contributed by atoms with van der Waals surface area (Å²) < 4.78 is 5.60. The monoisotopic (exact) mass is 254 g/mol. The summed E-state index contributed by atoms with van der Waals surface area (Å²) in [4.78, 5) is 4.45. The van der Waals surface area contributed by atoms with Gasteiger partial charge in [-0.1, -0.05) is 0 Å². The SMILES string of the molecule is Cc1nc(CCNCCCC2CCCO2)cs1. The van der Waals surface area contributed by atoms with E-state index in [0.29, 0.717) is 6.10 Å². The van der Waals surface area contributed by atoms with Crippen LogP contribution in [0.1, 0.15) is 36.4 Å². The highest BCUT2D eigenvalue weighted by molar-refractivity contribution is 7.09. The number of thiazole rings is 1. The molecule has 17 heavy (non-hydrogen) atoms. The number of ether oxygens (including phenoxy) is 1. The zero-order valence-electron chi connectivity index (χ0n) is 10.6. The van der Waals surface area contributed by atoms with Crippen molar-refractivity contribution in [2.24, 2.45) is 0 Å². The second-order valence-electron chi connectivity index (χ2n) is 4.64. The van der Waals surface area contributed by atoms with Gasteiger partial charge in [0.2, 0.25) is 0 Å². The third-order valence-electron chi connectivity index (χ3n) is 3.13. The van der Waals surface area contributed by atoms with E-state index in [1.165, 1.54) is 36.4 Å². The molecule has 0 aliphatic carbocycles. The van der Waals surface area contributed by atoms with Crippen molar-refractivity contribution < 1.29 is 4.74 Å². The minimum Gasteiger partial charge on any atom is -0.378 e. The summed E-state index contributed by atoms with van der Waals surface area (Å²) in [5.41, 5.74) is 1.22. The largest absolute Gasteiger partial charge is 0.378 e. The Balaban J connectivity index is 1.46. The van der Waals surface area contributed by atoms with E-state index in [4.69, 9.17) is 4.74 Å². The second kappa shape index (κ2) is 7.09. The summed E-state index contributed by atoms with van der Waals surface area (Å²) >= 11 is 1.73. The predicted octanol–water partition coefficient (Wildman–Crippen LogP) is 2.54. The van der Waals surface area contributed by atoms with Gasteiger partial charge in [0, 0.05) is 25.0 Å². The number of aromatic nitrogens is 1. The maximum atomic E-state index is 5.60. The van der Waals surface area contributed by atoms with E-state index >= 15 is 0 Å². The molecule has 3 nitrogen and oxygen atoms in total. The summed E-state index contributed by atoms with van der Waals surface area (Å²) in [7, 11) is 0. The molecule has 1 aliphatic rings. The van der Waals surface area contributed by atoms with E-state index < -0.39 is 0 Å². The number of aryl methyl sites for hydroxylation is 1. The molecule has 1 saturated heterocycles. The van der Waals surface area contributed by atoms with E-state index in [-0.39, 0.29) is 0 Å². The molecule has 0 radical (unpaired) electrons.